The molecule has 0 aromatic heterocycles. The largest absolute Gasteiger partial charge is 0.359 e. The monoisotopic (exact) mass is 303 g/mol. The van der Waals surface area contributed by atoms with Crippen LogP contribution in [0.5, 0.6) is 0 Å². The van der Waals surface area contributed by atoms with E-state index in [1.807, 2.05) is 24.3 Å². The first-order chi connectivity index (χ1) is 10.4. The fourth-order valence-electron chi connectivity index (χ4n) is 2.86. The Morgan fingerprint density at radius 3 is 2.50 bits per heavy atom. The van der Waals surface area contributed by atoms with Gasteiger partial charge in [0.25, 0.3) is 0 Å². The van der Waals surface area contributed by atoms with E-state index >= 15 is 0 Å². The zero-order valence-corrected chi connectivity index (χ0v) is 13.8. The van der Waals surface area contributed by atoms with Crippen LogP contribution >= 0.6 is 0 Å². The van der Waals surface area contributed by atoms with E-state index in [2.05, 4.69) is 19.2 Å². The number of anilines is 1. The maximum Gasteiger partial charge on any atom is 0.160 e. The Bertz CT molecular complexity index is 559. The molecule has 0 saturated carbocycles. The summed E-state index contributed by atoms with van der Waals surface area (Å²) in [6.07, 6.45) is 3.58. The van der Waals surface area contributed by atoms with Crippen LogP contribution in [-0.4, -0.2) is 26.3 Å². The number of carbonyl (C=O) groups excluding carboxylic acids is 1. The number of hydrogen-bond donors (Lipinski definition) is 1. The molecule has 0 radical (unpaired) electrons. The van der Waals surface area contributed by atoms with Crippen LogP contribution in [0.2, 0.25) is 0 Å². The van der Waals surface area contributed by atoms with E-state index in [1.165, 1.54) is 0 Å². The third-order valence-electron chi connectivity index (χ3n) is 3.88. The van der Waals surface area contributed by atoms with Crippen molar-refractivity contribution in [3.05, 3.63) is 41.6 Å². The molecule has 0 bridgehead atoms. The second-order valence-corrected chi connectivity index (χ2v) is 6.54. The summed E-state index contributed by atoms with van der Waals surface area (Å²) in [5, 5.41) is 3.42. The van der Waals surface area contributed by atoms with Crippen LogP contribution in [-0.2, 0) is 20.7 Å². The number of hydrogen-bond acceptors (Lipinski definition) is 4. The van der Waals surface area contributed by atoms with Crippen molar-refractivity contribution in [1.29, 1.82) is 0 Å². The van der Waals surface area contributed by atoms with Gasteiger partial charge in [0.15, 0.2) is 12.1 Å². The number of allylic oxidation sites excluding steroid dienone is 2. The summed E-state index contributed by atoms with van der Waals surface area (Å²) in [4.78, 5) is 11.9. The van der Waals surface area contributed by atoms with Gasteiger partial charge < -0.3 is 14.8 Å². The lowest BCUT2D eigenvalue weighted by Crippen LogP contribution is -2.25. The Morgan fingerprint density at radius 2 is 1.86 bits per heavy atom. The van der Waals surface area contributed by atoms with Crippen molar-refractivity contribution in [2.75, 3.05) is 19.5 Å². The van der Waals surface area contributed by atoms with Gasteiger partial charge in [-0.3, -0.25) is 4.79 Å². The number of para-hydroxylation sites is 1. The molecular formula is C18H25NO3. The van der Waals surface area contributed by atoms with Crippen LogP contribution in [0.1, 0.15) is 32.3 Å². The molecule has 0 saturated heterocycles. The number of ether oxygens (including phenoxy) is 2. The molecule has 22 heavy (non-hydrogen) atoms. The first-order valence-electron chi connectivity index (χ1n) is 7.57. The summed E-state index contributed by atoms with van der Waals surface area (Å²) in [7, 11) is 3.27. The second kappa shape index (κ2) is 7.07. The average molecular weight is 303 g/mol. The minimum Gasteiger partial charge on any atom is -0.359 e. The van der Waals surface area contributed by atoms with Gasteiger partial charge in [0, 0.05) is 44.5 Å². The third-order valence-corrected chi connectivity index (χ3v) is 3.88. The first-order valence-corrected chi connectivity index (χ1v) is 7.57. The van der Waals surface area contributed by atoms with Gasteiger partial charge in [-0.05, 0) is 23.5 Å². The zero-order valence-electron chi connectivity index (χ0n) is 13.8. The molecule has 1 N–H and O–H groups in total. The Labute approximate surface area is 132 Å². The summed E-state index contributed by atoms with van der Waals surface area (Å²) in [5.41, 5.74) is 3.08. The van der Waals surface area contributed by atoms with Gasteiger partial charge in [-0.1, -0.05) is 32.0 Å². The Hall–Kier alpha value is -1.65. The van der Waals surface area contributed by atoms with E-state index in [-0.39, 0.29) is 17.5 Å². The van der Waals surface area contributed by atoms with Crippen LogP contribution < -0.4 is 5.32 Å². The van der Waals surface area contributed by atoms with Crippen LogP contribution in [0, 0.1) is 5.41 Å². The molecule has 4 heteroatoms. The highest BCUT2D eigenvalue weighted by Crippen LogP contribution is 2.34. The summed E-state index contributed by atoms with van der Waals surface area (Å²) in [6, 6.07) is 8.04. The predicted molar refractivity (Wildman–Crippen MR) is 87.7 cm³/mol. The number of rotatable bonds is 6. The van der Waals surface area contributed by atoms with E-state index in [0.29, 0.717) is 12.8 Å². The first kappa shape index (κ1) is 16.7. The van der Waals surface area contributed by atoms with E-state index in [0.717, 1.165) is 23.4 Å². The average Bonchev–Trinajstić information content (AvgIpc) is 2.44. The SMILES string of the molecule is COC(Cc1ccccc1NC1=CC(=O)CC(C)(C)C1)OC. The van der Waals surface area contributed by atoms with Crippen molar-refractivity contribution in [3.8, 4) is 0 Å². The predicted octanol–water partition coefficient (Wildman–Crippen LogP) is 3.53. The summed E-state index contributed by atoms with van der Waals surface area (Å²) < 4.78 is 10.6. The Morgan fingerprint density at radius 1 is 1.18 bits per heavy atom. The van der Waals surface area contributed by atoms with Gasteiger partial charge in [0.2, 0.25) is 0 Å². The van der Waals surface area contributed by atoms with Crippen molar-refractivity contribution in [2.45, 2.75) is 39.4 Å². The highest BCUT2D eigenvalue weighted by molar-refractivity contribution is 5.92. The molecule has 2 rings (SSSR count). The number of benzene rings is 1. The van der Waals surface area contributed by atoms with Crippen molar-refractivity contribution in [2.24, 2.45) is 5.41 Å². The maximum absolute atomic E-state index is 11.9. The minimum absolute atomic E-state index is 0.00467. The smallest absolute Gasteiger partial charge is 0.160 e. The molecule has 0 unspecified atom stereocenters. The summed E-state index contributed by atoms with van der Waals surface area (Å²) in [6.45, 7) is 4.24. The van der Waals surface area contributed by atoms with Gasteiger partial charge >= 0.3 is 0 Å². The van der Waals surface area contributed by atoms with E-state index in [1.54, 1.807) is 20.3 Å². The third kappa shape index (κ3) is 4.42. The van der Waals surface area contributed by atoms with E-state index in [9.17, 15) is 4.79 Å². The molecule has 0 aliphatic heterocycles. The molecule has 1 aliphatic rings. The number of carbonyl (C=O) groups is 1. The molecule has 0 heterocycles. The number of methoxy groups -OCH3 is 2. The lowest BCUT2D eigenvalue weighted by Gasteiger charge is -2.29. The fourth-order valence-corrected chi connectivity index (χ4v) is 2.86. The van der Waals surface area contributed by atoms with E-state index in [4.69, 9.17) is 9.47 Å². The quantitative estimate of drug-likeness (QED) is 0.817. The second-order valence-electron chi connectivity index (χ2n) is 6.54. The molecule has 1 aromatic carbocycles. The normalized spacial score (nSPS) is 17.5. The van der Waals surface area contributed by atoms with Crippen LogP contribution in [0.3, 0.4) is 0 Å². The van der Waals surface area contributed by atoms with E-state index < -0.39 is 0 Å². The molecule has 0 fully saturated rings. The zero-order chi connectivity index (χ0) is 16.2. The molecular weight excluding hydrogens is 278 g/mol. The van der Waals surface area contributed by atoms with Gasteiger partial charge in [-0.2, -0.15) is 0 Å². The van der Waals surface area contributed by atoms with Crippen LogP contribution in [0.4, 0.5) is 5.69 Å². The standard InChI is InChI=1S/C18H25NO3/c1-18(2)11-14(10-15(20)12-18)19-16-8-6-5-7-13(16)9-17(21-3)22-4/h5-8,10,17,19H,9,11-12H2,1-4H3. The molecule has 0 amide bonds. The van der Waals surface area contributed by atoms with Crippen LogP contribution in [0.15, 0.2) is 36.0 Å². The van der Waals surface area contributed by atoms with Gasteiger partial charge in [0.05, 0.1) is 0 Å². The lowest BCUT2D eigenvalue weighted by molar-refractivity contribution is -0.117. The van der Waals surface area contributed by atoms with Crippen molar-refractivity contribution in [1.82, 2.24) is 0 Å². The molecule has 1 aromatic rings. The van der Waals surface area contributed by atoms with Gasteiger partial charge in [-0.15, -0.1) is 0 Å². The fraction of sp³-hybridized carbons (Fsp3) is 0.500. The minimum atomic E-state index is -0.277. The van der Waals surface area contributed by atoms with Gasteiger partial charge in [-0.25, -0.2) is 0 Å². The summed E-state index contributed by atoms with van der Waals surface area (Å²) >= 11 is 0. The summed E-state index contributed by atoms with van der Waals surface area (Å²) in [5.74, 6) is 0.183. The number of nitrogens with one attached hydrogen (secondary N) is 1. The van der Waals surface area contributed by atoms with Gasteiger partial charge in [0.1, 0.15) is 0 Å². The topological polar surface area (TPSA) is 47.6 Å². The van der Waals surface area contributed by atoms with Crippen molar-refractivity contribution >= 4 is 11.5 Å². The molecule has 0 spiro atoms. The molecule has 1 aliphatic carbocycles. The molecule has 120 valence electrons. The molecule has 4 nitrogen and oxygen atoms in total. The van der Waals surface area contributed by atoms with Crippen molar-refractivity contribution < 1.29 is 14.3 Å². The highest BCUT2D eigenvalue weighted by atomic mass is 16.7. The highest BCUT2D eigenvalue weighted by Gasteiger charge is 2.27. The van der Waals surface area contributed by atoms with Crippen molar-refractivity contribution in [3.63, 3.8) is 0 Å². The van der Waals surface area contributed by atoms with Crippen LogP contribution in [0.25, 0.3) is 0 Å². The lowest BCUT2D eigenvalue weighted by atomic mass is 9.79. The Balaban J connectivity index is 2.18. The Kier molecular flexibility index (Phi) is 5.37. The maximum atomic E-state index is 11.9. The number of ketones is 1. The molecule has 0 atom stereocenters.